The fourth-order valence-electron chi connectivity index (χ4n) is 1.60. The van der Waals surface area contributed by atoms with E-state index in [1.807, 2.05) is 0 Å². The molecule has 0 bridgehead atoms. The van der Waals surface area contributed by atoms with Crippen molar-refractivity contribution >= 4 is 17.5 Å². The van der Waals surface area contributed by atoms with Crippen LogP contribution in [0.5, 0.6) is 5.75 Å². The number of nitro benzene ring substituents is 2. The number of aryl methyl sites for hydroxylation is 1. The molecule has 0 aliphatic carbocycles. The van der Waals surface area contributed by atoms with Crippen LogP contribution in [0.1, 0.15) is 18.9 Å². The molecule has 0 heterocycles. The maximum absolute atomic E-state index is 12.9. The van der Waals surface area contributed by atoms with Crippen LogP contribution in [-0.4, -0.2) is 29.0 Å². The lowest BCUT2D eigenvalue weighted by atomic mass is 10.1. The molecule has 1 aromatic rings. The van der Waals surface area contributed by atoms with E-state index in [0.717, 1.165) is 6.07 Å². The Morgan fingerprint density at radius 3 is 2.35 bits per heavy atom. The van der Waals surface area contributed by atoms with Crippen molar-refractivity contribution in [1.29, 1.82) is 0 Å². The number of nitrogens with zero attached hydrogens (tertiary/aromatic N) is 2. The molecule has 126 valence electrons. The molecule has 1 unspecified atom stereocenters. The van der Waals surface area contributed by atoms with Gasteiger partial charge in [0.05, 0.1) is 22.6 Å². The summed E-state index contributed by atoms with van der Waals surface area (Å²) in [4.78, 5) is 31.2. The van der Waals surface area contributed by atoms with Crippen molar-refractivity contribution in [1.82, 2.24) is 0 Å². The lowest BCUT2D eigenvalue weighted by molar-refractivity contribution is -0.395. The summed E-state index contributed by atoms with van der Waals surface area (Å²) >= 11 is 0. The van der Waals surface area contributed by atoms with Crippen LogP contribution in [0.25, 0.3) is 0 Å². The number of alkyl halides is 2. The van der Waals surface area contributed by atoms with Crippen LogP contribution in [0.15, 0.2) is 12.1 Å². The highest BCUT2D eigenvalue weighted by Crippen LogP contribution is 2.35. The number of carbonyl (C=O) groups is 1. The van der Waals surface area contributed by atoms with Gasteiger partial charge in [-0.1, -0.05) is 6.92 Å². The van der Waals surface area contributed by atoms with E-state index in [2.05, 4.69) is 9.47 Å². The van der Waals surface area contributed by atoms with Crippen LogP contribution in [-0.2, 0) is 11.2 Å². The van der Waals surface area contributed by atoms with Crippen LogP contribution in [0, 0.1) is 20.2 Å². The first-order chi connectivity index (χ1) is 10.8. The average molecular weight is 334 g/mol. The van der Waals surface area contributed by atoms with E-state index < -0.39 is 52.6 Å². The molecule has 0 N–H and O–H groups in total. The summed E-state index contributed by atoms with van der Waals surface area (Å²) < 4.78 is 34.0. The molecule has 1 rings (SSSR count). The molecular weight excluding hydrogens is 322 g/mol. The van der Waals surface area contributed by atoms with E-state index in [1.54, 1.807) is 0 Å². The highest BCUT2D eigenvalue weighted by molar-refractivity contribution is 5.68. The van der Waals surface area contributed by atoms with Gasteiger partial charge in [-0.25, -0.2) is 9.18 Å². The SMILES string of the molecule is CCC(F)OC(=O)Oc1cc(CCF)c([N+](=O)[O-])cc1[N+](=O)[O-]. The van der Waals surface area contributed by atoms with Gasteiger partial charge >= 0.3 is 11.8 Å². The molecule has 0 fully saturated rings. The maximum Gasteiger partial charge on any atom is 0.516 e. The normalized spacial score (nSPS) is 11.6. The summed E-state index contributed by atoms with van der Waals surface area (Å²) in [6.45, 7) is 0.413. The molecule has 11 heteroatoms. The quantitative estimate of drug-likeness (QED) is 0.324. The summed E-state index contributed by atoms with van der Waals surface area (Å²) in [5, 5.41) is 21.8. The smallest absolute Gasteiger partial charge is 0.399 e. The predicted octanol–water partition coefficient (Wildman–Crippen LogP) is 3.24. The number of hydrogen-bond acceptors (Lipinski definition) is 7. The third-order valence-electron chi connectivity index (χ3n) is 2.66. The van der Waals surface area contributed by atoms with Crippen molar-refractivity contribution in [3.8, 4) is 5.75 Å². The molecule has 0 aromatic heterocycles. The monoisotopic (exact) mass is 334 g/mol. The van der Waals surface area contributed by atoms with Crippen LogP contribution in [0.4, 0.5) is 25.0 Å². The highest BCUT2D eigenvalue weighted by Gasteiger charge is 2.27. The van der Waals surface area contributed by atoms with Crippen molar-refractivity contribution in [2.24, 2.45) is 0 Å². The van der Waals surface area contributed by atoms with Crippen molar-refractivity contribution in [2.75, 3.05) is 6.67 Å². The molecule has 1 atom stereocenters. The van der Waals surface area contributed by atoms with Gasteiger partial charge in [-0.2, -0.15) is 0 Å². The first-order valence-electron chi connectivity index (χ1n) is 6.34. The van der Waals surface area contributed by atoms with Crippen LogP contribution in [0.3, 0.4) is 0 Å². The third kappa shape index (κ3) is 4.83. The number of halogens is 2. The zero-order valence-electron chi connectivity index (χ0n) is 11.9. The molecule has 0 spiro atoms. The Balaban J connectivity index is 3.23. The topological polar surface area (TPSA) is 122 Å². The van der Waals surface area contributed by atoms with E-state index >= 15 is 0 Å². The molecule has 0 aliphatic rings. The first kappa shape index (κ1) is 18.2. The number of hydrogen-bond donors (Lipinski definition) is 0. The molecule has 0 radical (unpaired) electrons. The summed E-state index contributed by atoms with van der Waals surface area (Å²) in [5.74, 6) is -0.697. The van der Waals surface area contributed by atoms with Gasteiger partial charge in [0, 0.05) is 18.4 Å². The number of carbonyl (C=O) groups excluding carboxylic acids is 1. The zero-order chi connectivity index (χ0) is 17.6. The molecule has 0 aliphatic heterocycles. The van der Waals surface area contributed by atoms with Gasteiger partial charge in [0.1, 0.15) is 0 Å². The third-order valence-corrected chi connectivity index (χ3v) is 2.66. The Labute approximate surface area is 128 Å². The lowest BCUT2D eigenvalue weighted by Gasteiger charge is -2.09. The minimum atomic E-state index is -1.97. The summed E-state index contributed by atoms with van der Waals surface area (Å²) in [6, 6.07) is 1.33. The second-order valence-corrected chi connectivity index (χ2v) is 4.19. The fourth-order valence-corrected chi connectivity index (χ4v) is 1.60. The molecule has 0 saturated heterocycles. The summed E-state index contributed by atoms with van der Waals surface area (Å²) in [6.07, 6.45) is -4.10. The lowest BCUT2D eigenvalue weighted by Crippen LogP contribution is -2.17. The largest absolute Gasteiger partial charge is 0.516 e. The van der Waals surface area contributed by atoms with Crippen molar-refractivity contribution in [3.63, 3.8) is 0 Å². The number of nitro groups is 2. The van der Waals surface area contributed by atoms with E-state index in [1.165, 1.54) is 6.92 Å². The molecule has 9 nitrogen and oxygen atoms in total. The van der Waals surface area contributed by atoms with E-state index in [9.17, 15) is 33.8 Å². The predicted molar refractivity (Wildman–Crippen MR) is 71.7 cm³/mol. The Hall–Kier alpha value is -2.85. The molecule has 1 aromatic carbocycles. The second-order valence-electron chi connectivity index (χ2n) is 4.19. The molecule has 23 heavy (non-hydrogen) atoms. The van der Waals surface area contributed by atoms with Gasteiger partial charge < -0.3 is 9.47 Å². The van der Waals surface area contributed by atoms with Gasteiger partial charge in [0.25, 0.3) is 5.69 Å². The average Bonchev–Trinajstić information content (AvgIpc) is 2.46. The Morgan fingerprint density at radius 1 is 1.26 bits per heavy atom. The summed E-state index contributed by atoms with van der Waals surface area (Å²) in [5.41, 5.74) is -1.80. The van der Waals surface area contributed by atoms with Gasteiger partial charge in [0.2, 0.25) is 12.1 Å². The highest BCUT2D eigenvalue weighted by atomic mass is 19.1. The van der Waals surface area contributed by atoms with Crippen molar-refractivity contribution in [2.45, 2.75) is 26.1 Å². The first-order valence-corrected chi connectivity index (χ1v) is 6.34. The molecule has 0 saturated carbocycles. The molecule has 0 amide bonds. The number of rotatable bonds is 7. The second kappa shape index (κ2) is 7.96. The van der Waals surface area contributed by atoms with Crippen LogP contribution >= 0.6 is 0 Å². The van der Waals surface area contributed by atoms with Crippen molar-refractivity contribution in [3.05, 3.63) is 37.9 Å². The Morgan fingerprint density at radius 2 is 1.87 bits per heavy atom. The number of benzene rings is 1. The van der Waals surface area contributed by atoms with Gasteiger partial charge in [-0.15, -0.1) is 0 Å². The molecular formula is C12H12F2N2O7. The van der Waals surface area contributed by atoms with Gasteiger partial charge in [-0.3, -0.25) is 24.6 Å². The fraction of sp³-hybridized carbons (Fsp3) is 0.417. The minimum Gasteiger partial charge on any atom is -0.399 e. The maximum atomic E-state index is 12.9. The summed E-state index contributed by atoms with van der Waals surface area (Å²) in [7, 11) is 0. The standard InChI is InChI=1S/C12H12F2N2O7/c1-2-11(14)23-12(17)22-10-5-7(3-4-13)8(15(18)19)6-9(10)16(20)21/h5-6,11H,2-4H2,1H3. The van der Waals surface area contributed by atoms with Crippen molar-refractivity contribution < 1.29 is 32.9 Å². The van der Waals surface area contributed by atoms with Crippen LogP contribution in [0.2, 0.25) is 0 Å². The minimum absolute atomic E-state index is 0.162. The van der Waals surface area contributed by atoms with Crippen LogP contribution < -0.4 is 4.74 Å². The zero-order valence-corrected chi connectivity index (χ0v) is 11.9. The van der Waals surface area contributed by atoms with E-state index in [0.29, 0.717) is 6.07 Å². The Bertz CT molecular complexity index is 624. The number of ether oxygens (including phenoxy) is 2. The van der Waals surface area contributed by atoms with E-state index in [-0.39, 0.29) is 12.0 Å². The van der Waals surface area contributed by atoms with E-state index in [4.69, 9.17) is 0 Å². The Kier molecular flexibility index (Phi) is 6.30. The van der Waals surface area contributed by atoms with Gasteiger partial charge in [-0.05, 0) is 6.07 Å². The van der Waals surface area contributed by atoms with Gasteiger partial charge in [0.15, 0.2) is 0 Å².